The molecule has 0 heterocycles. The predicted octanol–water partition coefficient (Wildman–Crippen LogP) is 3.35. The number of carbonyl (C=O) groups excluding carboxylic acids is 4. The molecule has 9 nitrogen and oxygen atoms in total. The van der Waals surface area contributed by atoms with Crippen LogP contribution in [-0.4, -0.2) is 62.9 Å². The predicted molar refractivity (Wildman–Crippen MR) is 144 cm³/mol. The molecule has 220 valence electrons. The molecular weight excluding hydrogens is 516 g/mol. The van der Waals surface area contributed by atoms with Crippen LogP contribution in [0.15, 0.2) is 23.3 Å². The highest BCUT2D eigenvalue weighted by Crippen LogP contribution is 2.68. The minimum Gasteiger partial charge on any atom is -0.481 e. The summed E-state index contributed by atoms with van der Waals surface area (Å²) < 4.78 is 5.15. The molecular formula is C31H42O9. The van der Waals surface area contributed by atoms with E-state index in [0.29, 0.717) is 32.1 Å². The van der Waals surface area contributed by atoms with Crippen molar-refractivity contribution >= 4 is 29.3 Å². The molecule has 0 radical (unpaired) electrons. The fourth-order valence-electron chi connectivity index (χ4n) is 8.56. The third-order valence-electron chi connectivity index (χ3n) is 10.8. The summed E-state index contributed by atoms with van der Waals surface area (Å²) in [5, 5.41) is 32.9. The van der Waals surface area contributed by atoms with Crippen LogP contribution in [0.4, 0.5) is 0 Å². The lowest BCUT2D eigenvalue weighted by atomic mass is 9.45. The molecule has 4 aliphatic carbocycles. The SMILES string of the molecule is CC(=O)CCCCC(C(=O)O)C(=O)OCC(=O)[C@@]1(O)CC[C@H]2[C@@H]3CCC4=CC(=O)C=C(C)[C@]4(C)[C@H]3C(O)C[C@@]21C. The first-order valence-electron chi connectivity index (χ1n) is 14.4. The van der Waals surface area contributed by atoms with Crippen molar-refractivity contribution in [2.75, 3.05) is 6.61 Å². The molecule has 0 spiro atoms. The second-order valence-electron chi connectivity index (χ2n) is 12.9. The Balaban J connectivity index is 1.47. The highest BCUT2D eigenvalue weighted by Gasteiger charge is 2.68. The number of aliphatic carboxylic acids is 1. The van der Waals surface area contributed by atoms with E-state index in [0.717, 1.165) is 17.6 Å². The van der Waals surface area contributed by atoms with Crippen LogP contribution in [0.1, 0.15) is 85.5 Å². The van der Waals surface area contributed by atoms with Gasteiger partial charge in [-0.25, -0.2) is 0 Å². The van der Waals surface area contributed by atoms with Gasteiger partial charge in [0, 0.05) is 23.2 Å². The van der Waals surface area contributed by atoms with Gasteiger partial charge in [0.2, 0.25) is 5.78 Å². The van der Waals surface area contributed by atoms with Gasteiger partial charge in [0.05, 0.1) is 6.10 Å². The number of Topliss-reactive ketones (excluding diaryl/α,β-unsaturated/α-hetero) is 2. The number of esters is 1. The maximum atomic E-state index is 13.5. The van der Waals surface area contributed by atoms with Gasteiger partial charge in [0.1, 0.15) is 11.4 Å². The Morgan fingerprint density at radius 1 is 1.12 bits per heavy atom. The van der Waals surface area contributed by atoms with Crippen LogP contribution >= 0.6 is 0 Å². The number of aliphatic hydroxyl groups is 2. The number of hydrogen-bond acceptors (Lipinski definition) is 8. The highest BCUT2D eigenvalue weighted by molar-refractivity contribution is 6.02. The number of ketones is 3. The average molecular weight is 559 g/mol. The molecule has 2 unspecified atom stereocenters. The van der Waals surface area contributed by atoms with Crippen LogP contribution in [0.25, 0.3) is 0 Å². The lowest BCUT2D eigenvalue weighted by Crippen LogP contribution is -2.62. The Hall–Kier alpha value is -2.65. The molecule has 0 aliphatic heterocycles. The summed E-state index contributed by atoms with van der Waals surface area (Å²) in [4.78, 5) is 61.0. The van der Waals surface area contributed by atoms with Gasteiger partial charge < -0.3 is 24.9 Å². The molecule has 3 fully saturated rings. The van der Waals surface area contributed by atoms with Crippen molar-refractivity contribution in [3.63, 3.8) is 0 Å². The second-order valence-corrected chi connectivity index (χ2v) is 12.9. The second kappa shape index (κ2) is 11.0. The summed E-state index contributed by atoms with van der Waals surface area (Å²) in [6, 6.07) is 0. The van der Waals surface area contributed by atoms with Gasteiger partial charge in [0.15, 0.2) is 18.3 Å². The zero-order valence-electron chi connectivity index (χ0n) is 23.9. The molecule has 0 aromatic rings. The van der Waals surface area contributed by atoms with E-state index in [-0.39, 0.29) is 48.6 Å². The van der Waals surface area contributed by atoms with E-state index in [1.165, 1.54) is 6.92 Å². The summed E-state index contributed by atoms with van der Waals surface area (Å²) in [5.74, 6) is -4.76. The van der Waals surface area contributed by atoms with E-state index in [1.807, 2.05) is 13.8 Å². The van der Waals surface area contributed by atoms with Crippen LogP contribution in [0, 0.1) is 34.5 Å². The Bertz CT molecular complexity index is 1170. The Morgan fingerprint density at radius 2 is 1.82 bits per heavy atom. The monoisotopic (exact) mass is 558 g/mol. The smallest absolute Gasteiger partial charge is 0.320 e. The molecule has 8 atom stereocenters. The summed E-state index contributed by atoms with van der Waals surface area (Å²) in [5.41, 5.74) is -1.28. The Morgan fingerprint density at radius 3 is 2.48 bits per heavy atom. The van der Waals surface area contributed by atoms with Crippen molar-refractivity contribution in [3.05, 3.63) is 23.3 Å². The number of carbonyl (C=O) groups is 5. The van der Waals surface area contributed by atoms with Gasteiger partial charge in [-0.3, -0.25) is 19.2 Å². The van der Waals surface area contributed by atoms with Gasteiger partial charge in [-0.05, 0) is 82.8 Å². The summed E-state index contributed by atoms with van der Waals surface area (Å²) in [6.45, 7) is 6.56. The summed E-state index contributed by atoms with van der Waals surface area (Å²) in [7, 11) is 0. The first-order valence-corrected chi connectivity index (χ1v) is 14.4. The van der Waals surface area contributed by atoms with Gasteiger partial charge in [-0.1, -0.05) is 31.4 Å². The molecule has 0 saturated heterocycles. The highest BCUT2D eigenvalue weighted by atomic mass is 16.5. The molecule has 40 heavy (non-hydrogen) atoms. The van der Waals surface area contributed by atoms with E-state index in [2.05, 4.69) is 6.92 Å². The minimum atomic E-state index is -1.82. The van der Waals surface area contributed by atoms with Crippen LogP contribution < -0.4 is 0 Å². The third kappa shape index (κ3) is 4.89. The van der Waals surface area contributed by atoms with Gasteiger partial charge >= 0.3 is 11.9 Å². The maximum Gasteiger partial charge on any atom is 0.320 e. The number of unbranched alkanes of at least 4 members (excludes halogenated alkanes) is 1. The number of allylic oxidation sites excluding steroid dienone is 4. The number of rotatable bonds is 10. The number of hydrogen-bond donors (Lipinski definition) is 3. The molecule has 3 saturated carbocycles. The molecule has 0 aromatic heterocycles. The summed E-state index contributed by atoms with van der Waals surface area (Å²) >= 11 is 0. The molecule has 0 amide bonds. The molecule has 9 heteroatoms. The van der Waals surface area contributed by atoms with Crippen molar-refractivity contribution < 1.29 is 44.0 Å². The van der Waals surface area contributed by atoms with E-state index in [9.17, 15) is 39.3 Å². The van der Waals surface area contributed by atoms with E-state index in [4.69, 9.17) is 4.74 Å². The van der Waals surface area contributed by atoms with Crippen LogP contribution in [0.3, 0.4) is 0 Å². The Kier molecular flexibility index (Phi) is 8.31. The molecule has 4 aliphatic rings. The number of carboxylic acids is 1. The third-order valence-corrected chi connectivity index (χ3v) is 10.8. The van der Waals surface area contributed by atoms with E-state index < -0.39 is 52.8 Å². The van der Waals surface area contributed by atoms with Crippen LogP contribution in [0.5, 0.6) is 0 Å². The topological polar surface area (TPSA) is 155 Å². The fourth-order valence-corrected chi connectivity index (χ4v) is 8.56. The van der Waals surface area contributed by atoms with Crippen molar-refractivity contribution in [2.45, 2.75) is 97.2 Å². The van der Waals surface area contributed by atoms with Crippen molar-refractivity contribution in [2.24, 2.45) is 34.5 Å². The average Bonchev–Trinajstić information content (AvgIpc) is 3.13. The van der Waals surface area contributed by atoms with Gasteiger partial charge in [0.25, 0.3) is 0 Å². The molecule has 4 rings (SSSR count). The van der Waals surface area contributed by atoms with Crippen molar-refractivity contribution in [1.29, 1.82) is 0 Å². The first kappa shape index (κ1) is 30.3. The normalized spacial score (nSPS) is 37.3. The molecule has 0 bridgehead atoms. The fraction of sp³-hybridized carbons (Fsp3) is 0.710. The maximum absolute atomic E-state index is 13.5. The van der Waals surface area contributed by atoms with Crippen LogP contribution in [0.2, 0.25) is 0 Å². The standard InChI is InChI=1S/C31H42O9/c1-17-13-20(33)14-19-9-10-21-23-11-12-31(39,29(23,3)15-24(34)26(21)30(17,19)4)25(35)16-40-28(38)22(27(36)37)8-6-5-7-18(2)32/h13-14,21-24,26,34,39H,5-12,15-16H2,1-4H3,(H,36,37)/t21-,22?,23-,24?,26+,29-,30-,31-/m0/s1. The number of aliphatic hydroxyl groups excluding tert-OH is 1. The first-order chi connectivity index (χ1) is 18.7. The van der Waals surface area contributed by atoms with Gasteiger partial charge in [-0.15, -0.1) is 0 Å². The summed E-state index contributed by atoms with van der Waals surface area (Å²) in [6.07, 6.45) is 5.99. The Labute approximate surface area is 235 Å². The van der Waals surface area contributed by atoms with Crippen molar-refractivity contribution in [1.82, 2.24) is 0 Å². The largest absolute Gasteiger partial charge is 0.481 e. The van der Waals surface area contributed by atoms with Gasteiger partial charge in [-0.2, -0.15) is 0 Å². The van der Waals surface area contributed by atoms with E-state index >= 15 is 0 Å². The zero-order chi connectivity index (χ0) is 29.6. The lowest BCUT2D eigenvalue weighted by Gasteiger charge is -2.60. The number of fused-ring (bicyclic) bond motifs is 5. The zero-order valence-corrected chi connectivity index (χ0v) is 23.9. The van der Waals surface area contributed by atoms with Crippen molar-refractivity contribution in [3.8, 4) is 0 Å². The van der Waals surface area contributed by atoms with E-state index in [1.54, 1.807) is 12.2 Å². The molecule has 0 aromatic carbocycles. The number of ether oxygens (including phenoxy) is 1. The van der Waals surface area contributed by atoms with Crippen LogP contribution in [-0.2, 0) is 28.7 Å². The number of carboxylic acid groups (broad SMARTS) is 1. The quantitative estimate of drug-likeness (QED) is 0.208. The lowest BCUT2D eigenvalue weighted by molar-refractivity contribution is -0.183. The minimum absolute atomic E-state index is 0.0103. The molecule has 3 N–H and O–H groups in total.